The minimum absolute atomic E-state index is 0.293. The molecule has 2 atom stereocenters. The Kier molecular flexibility index (Phi) is 3.27. The van der Waals surface area contributed by atoms with Gasteiger partial charge in [-0.05, 0) is 50.9 Å². The van der Waals surface area contributed by atoms with Gasteiger partial charge >= 0.3 is 0 Å². The molecule has 0 aromatic heterocycles. The Balaban J connectivity index is 1.99. The van der Waals surface area contributed by atoms with E-state index in [4.69, 9.17) is 5.26 Å². The summed E-state index contributed by atoms with van der Waals surface area (Å²) in [5.41, 5.74) is -0.445. The number of hydrogen-bond acceptors (Lipinski definition) is 3. The summed E-state index contributed by atoms with van der Waals surface area (Å²) in [5.74, 6) is -0.408. The number of piperidine rings is 2. The van der Waals surface area contributed by atoms with Crippen molar-refractivity contribution >= 4 is 0 Å². The highest BCUT2D eigenvalue weighted by Crippen LogP contribution is 2.44. The van der Waals surface area contributed by atoms with Gasteiger partial charge in [-0.3, -0.25) is 0 Å². The van der Waals surface area contributed by atoms with E-state index in [0.717, 1.165) is 12.8 Å². The Morgan fingerprint density at radius 2 is 2.00 bits per heavy atom. The Morgan fingerprint density at radius 3 is 2.60 bits per heavy atom. The summed E-state index contributed by atoms with van der Waals surface area (Å²) in [7, 11) is 2.09. The second-order valence-corrected chi connectivity index (χ2v) is 6.15. The number of nitrogens with zero attached hydrogens (tertiary/aromatic N) is 2. The third-order valence-corrected chi connectivity index (χ3v) is 4.97. The highest BCUT2D eigenvalue weighted by molar-refractivity contribution is 5.37. The van der Waals surface area contributed by atoms with E-state index in [0.29, 0.717) is 36.1 Å². The molecule has 3 rings (SSSR count). The molecule has 3 nitrogen and oxygen atoms in total. The zero-order chi connectivity index (χ0) is 14.3. The molecule has 1 N–H and O–H groups in total. The second kappa shape index (κ2) is 4.83. The van der Waals surface area contributed by atoms with Gasteiger partial charge in [0.25, 0.3) is 0 Å². The minimum atomic E-state index is -1.14. The topological polar surface area (TPSA) is 47.3 Å². The third-order valence-electron chi connectivity index (χ3n) is 4.97. The van der Waals surface area contributed by atoms with Gasteiger partial charge in [-0.1, -0.05) is 6.42 Å². The average Bonchev–Trinajstić information content (AvgIpc) is 2.41. The van der Waals surface area contributed by atoms with Gasteiger partial charge in [-0.25, -0.2) is 4.39 Å². The van der Waals surface area contributed by atoms with Gasteiger partial charge in [0.15, 0.2) is 0 Å². The molecule has 0 amide bonds. The van der Waals surface area contributed by atoms with Crippen LogP contribution in [0.25, 0.3) is 0 Å². The van der Waals surface area contributed by atoms with E-state index in [2.05, 4.69) is 11.9 Å². The van der Waals surface area contributed by atoms with Crippen molar-refractivity contribution in [1.29, 1.82) is 5.26 Å². The standard InChI is InChI=1S/C16H19FN2O/c1-19-12-3-2-4-13(19)9-16(20,8-12)14-7-11(10-18)5-6-15(14)17/h5-7,12-13,20H,2-4,8-9H2,1H3. The minimum Gasteiger partial charge on any atom is -0.385 e. The van der Waals surface area contributed by atoms with E-state index in [9.17, 15) is 9.50 Å². The Labute approximate surface area is 118 Å². The van der Waals surface area contributed by atoms with Crippen molar-refractivity contribution < 1.29 is 9.50 Å². The van der Waals surface area contributed by atoms with Crippen molar-refractivity contribution in [2.45, 2.75) is 49.8 Å². The summed E-state index contributed by atoms with van der Waals surface area (Å²) >= 11 is 0. The molecule has 1 aromatic rings. The molecule has 2 fully saturated rings. The fraction of sp³-hybridized carbons (Fsp3) is 0.562. The average molecular weight is 274 g/mol. The molecule has 2 saturated heterocycles. The number of benzene rings is 1. The molecule has 20 heavy (non-hydrogen) atoms. The van der Waals surface area contributed by atoms with Gasteiger partial charge in [0.05, 0.1) is 17.2 Å². The molecule has 106 valence electrons. The Bertz CT molecular complexity index is 552. The summed E-state index contributed by atoms with van der Waals surface area (Å²) in [4.78, 5) is 2.32. The number of hydrogen-bond donors (Lipinski definition) is 1. The molecule has 0 saturated carbocycles. The zero-order valence-electron chi connectivity index (χ0n) is 11.6. The third kappa shape index (κ3) is 2.11. The predicted octanol–water partition coefficient (Wildman–Crippen LogP) is 2.53. The monoisotopic (exact) mass is 274 g/mol. The first kappa shape index (κ1) is 13.5. The lowest BCUT2D eigenvalue weighted by molar-refractivity contribution is -0.0891. The van der Waals surface area contributed by atoms with E-state index in [1.807, 2.05) is 6.07 Å². The molecular weight excluding hydrogens is 255 g/mol. The molecule has 0 radical (unpaired) electrons. The molecule has 2 bridgehead atoms. The van der Waals surface area contributed by atoms with E-state index < -0.39 is 11.4 Å². The van der Waals surface area contributed by atoms with Gasteiger partial charge in [0.1, 0.15) is 5.82 Å². The van der Waals surface area contributed by atoms with Crippen LogP contribution in [0, 0.1) is 17.1 Å². The van der Waals surface area contributed by atoms with E-state index in [1.165, 1.54) is 24.6 Å². The van der Waals surface area contributed by atoms with Crippen molar-refractivity contribution in [3.8, 4) is 6.07 Å². The number of halogens is 1. The maximum atomic E-state index is 14.1. The lowest BCUT2D eigenvalue weighted by Crippen LogP contribution is -2.55. The van der Waals surface area contributed by atoms with Gasteiger partial charge in [0.2, 0.25) is 0 Å². The fourth-order valence-electron chi connectivity index (χ4n) is 3.82. The van der Waals surface area contributed by atoms with Crippen LogP contribution in [-0.2, 0) is 5.60 Å². The number of aliphatic hydroxyl groups is 1. The van der Waals surface area contributed by atoms with Crippen molar-refractivity contribution in [1.82, 2.24) is 4.90 Å². The van der Waals surface area contributed by atoms with Crippen LogP contribution in [0.1, 0.15) is 43.2 Å². The number of nitriles is 1. The quantitative estimate of drug-likeness (QED) is 0.856. The van der Waals surface area contributed by atoms with Crippen molar-refractivity contribution in [3.05, 3.63) is 35.1 Å². The SMILES string of the molecule is CN1C2CCCC1CC(O)(c1cc(C#N)ccc1F)C2. The molecule has 0 spiro atoms. The summed E-state index contributed by atoms with van der Waals surface area (Å²) < 4.78 is 14.1. The molecule has 0 aliphatic carbocycles. The van der Waals surface area contributed by atoms with Crippen LogP contribution in [0.2, 0.25) is 0 Å². The summed E-state index contributed by atoms with van der Waals surface area (Å²) in [5, 5.41) is 20.0. The highest BCUT2D eigenvalue weighted by atomic mass is 19.1. The Morgan fingerprint density at radius 1 is 1.35 bits per heavy atom. The maximum Gasteiger partial charge on any atom is 0.129 e. The summed E-state index contributed by atoms with van der Waals surface area (Å²) in [6, 6.07) is 6.89. The first-order valence-electron chi connectivity index (χ1n) is 7.18. The van der Waals surface area contributed by atoms with E-state index in [1.54, 1.807) is 0 Å². The lowest BCUT2D eigenvalue weighted by Gasteiger charge is -2.50. The summed E-state index contributed by atoms with van der Waals surface area (Å²) in [6.45, 7) is 0. The molecule has 2 heterocycles. The second-order valence-electron chi connectivity index (χ2n) is 6.15. The smallest absolute Gasteiger partial charge is 0.129 e. The van der Waals surface area contributed by atoms with Crippen LogP contribution >= 0.6 is 0 Å². The largest absolute Gasteiger partial charge is 0.385 e. The van der Waals surface area contributed by atoms with E-state index in [-0.39, 0.29) is 0 Å². The highest BCUT2D eigenvalue weighted by Gasteiger charge is 2.46. The van der Waals surface area contributed by atoms with Crippen LogP contribution < -0.4 is 0 Å². The van der Waals surface area contributed by atoms with Crippen molar-refractivity contribution in [3.63, 3.8) is 0 Å². The van der Waals surface area contributed by atoms with Crippen LogP contribution in [0.4, 0.5) is 4.39 Å². The van der Waals surface area contributed by atoms with Crippen LogP contribution in [0.5, 0.6) is 0 Å². The Hall–Kier alpha value is -1.44. The molecule has 2 aliphatic rings. The molecule has 4 heteroatoms. The molecule has 2 aliphatic heterocycles. The fourth-order valence-corrected chi connectivity index (χ4v) is 3.82. The number of fused-ring (bicyclic) bond motifs is 2. The number of rotatable bonds is 1. The molecule has 1 aromatic carbocycles. The van der Waals surface area contributed by atoms with Crippen LogP contribution in [0.3, 0.4) is 0 Å². The molecular formula is C16H19FN2O. The first-order valence-corrected chi connectivity index (χ1v) is 7.18. The van der Waals surface area contributed by atoms with Gasteiger partial charge < -0.3 is 10.0 Å². The van der Waals surface area contributed by atoms with Gasteiger partial charge in [-0.15, -0.1) is 0 Å². The van der Waals surface area contributed by atoms with Gasteiger partial charge in [0, 0.05) is 17.6 Å². The molecule has 2 unspecified atom stereocenters. The van der Waals surface area contributed by atoms with Gasteiger partial charge in [-0.2, -0.15) is 5.26 Å². The normalized spacial score (nSPS) is 33.7. The van der Waals surface area contributed by atoms with Crippen molar-refractivity contribution in [2.75, 3.05) is 7.05 Å². The van der Waals surface area contributed by atoms with E-state index >= 15 is 0 Å². The lowest BCUT2D eigenvalue weighted by atomic mass is 9.72. The van der Waals surface area contributed by atoms with Crippen molar-refractivity contribution in [2.24, 2.45) is 0 Å². The predicted molar refractivity (Wildman–Crippen MR) is 73.4 cm³/mol. The van der Waals surface area contributed by atoms with Crippen LogP contribution in [0.15, 0.2) is 18.2 Å². The summed E-state index contributed by atoms with van der Waals surface area (Å²) in [6.07, 6.45) is 4.37. The zero-order valence-corrected chi connectivity index (χ0v) is 11.6. The maximum absolute atomic E-state index is 14.1. The van der Waals surface area contributed by atoms with Crippen LogP contribution in [-0.4, -0.2) is 29.1 Å². The first-order chi connectivity index (χ1) is 9.53.